The van der Waals surface area contributed by atoms with E-state index in [4.69, 9.17) is 9.47 Å². The van der Waals surface area contributed by atoms with E-state index in [1.165, 1.54) is 12.8 Å². The summed E-state index contributed by atoms with van der Waals surface area (Å²) in [6.07, 6.45) is 5.67. The lowest BCUT2D eigenvalue weighted by Gasteiger charge is -2.41. The highest BCUT2D eigenvalue weighted by Crippen LogP contribution is 2.30. The molecule has 5 heteroatoms. The van der Waals surface area contributed by atoms with Crippen molar-refractivity contribution >= 4 is 5.82 Å². The van der Waals surface area contributed by atoms with Crippen LogP contribution in [-0.4, -0.2) is 61.9 Å². The van der Waals surface area contributed by atoms with E-state index in [1.807, 2.05) is 12.3 Å². The molecule has 1 saturated heterocycles. The lowest BCUT2D eigenvalue weighted by atomic mass is 10.1. The lowest BCUT2D eigenvalue weighted by molar-refractivity contribution is 0.0869. The van der Waals surface area contributed by atoms with Crippen LogP contribution in [0, 0.1) is 5.92 Å². The van der Waals surface area contributed by atoms with Gasteiger partial charge < -0.3 is 14.4 Å². The molecule has 0 bridgehead atoms. The fourth-order valence-corrected chi connectivity index (χ4v) is 3.27. The molecule has 5 nitrogen and oxygen atoms in total. The van der Waals surface area contributed by atoms with Crippen LogP contribution in [0.15, 0.2) is 18.3 Å². The van der Waals surface area contributed by atoms with E-state index in [2.05, 4.69) is 34.7 Å². The molecule has 1 saturated carbocycles. The van der Waals surface area contributed by atoms with Crippen LogP contribution in [0.3, 0.4) is 0 Å². The van der Waals surface area contributed by atoms with E-state index in [9.17, 15) is 0 Å². The van der Waals surface area contributed by atoms with Gasteiger partial charge in [0.05, 0.1) is 13.2 Å². The molecule has 1 atom stereocenters. The molecule has 0 radical (unpaired) electrons. The Bertz CT molecular complexity index is 507. The zero-order valence-electron chi connectivity index (χ0n) is 15.1. The molecule has 0 amide bonds. The molecule has 1 aromatic rings. The van der Waals surface area contributed by atoms with Crippen LogP contribution in [0.4, 0.5) is 5.82 Å². The predicted octanol–water partition coefficient (Wildman–Crippen LogP) is 2.81. The number of nitrogens with zero attached hydrogens (tertiary/aromatic N) is 3. The van der Waals surface area contributed by atoms with Crippen molar-refractivity contribution in [1.29, 1.82) is 0 Å². The van der Waals surface area contributed by atoms with Gasteiger partial charge in [0.1, 0.15) is 11.6 Å². The molecule has 24 heavy (non-hydrogen) atoms. The Morgan fingerprint density at radius 2 is 2.12 bits per heavy atom. The van der Waals surface area contributed by atoms with Crippen LogP contribution < -0.4 is 9.64 Å². The molecular formula is C19H31N3O2. The minimum atomic E-state index is 0.567. The van der Waals surface area contributed by atoms with E-state index in [0.717, 1.165) is 69.9 Å². The summed E-state index contributed by atoms with van der Waals surface area (Å²) in [6.45, 7) is 10.9. The number of pyridine rings is 1. The van der Waals surface area contributed by atoms with Gasteiger partial charge in [0.25, 0.3) is 0 Å². The van der Waals surface area contributed by atoms with Crippen LogP contribution in [-0.2, 0) is 4.74 Å². The molecule has 2 fully saturated rings. The molecule has 134 valence electrons. The maximum Gasteiger partial charge on any atom is 0.132 e. The van der Waals surface area contributed by atoms with E-state index in [-0.39, 0.29) is 0 Å². The molecule has 1 aliphatic carbocycles. The van der Waals surface area contributed by atoms with E-state index in [1.54, 1.807) is 0 Å². The first kappa shape index (κ1) is 17.5. The zero-order valence-corrected chi connectivity index (χ0v) is 15.1. The molecule has 0 N–H and O–H groups in total. The largest absolute Gasteiger partial charge is 0.493 e. The monoisotopic (exact) mass is 333 g/mol. The van der Waals surface area contributed by atoms with Crippen molar-refractivity contribution in [2.45, 2.75) is 39.2 Å². The Hall–Kier alpha value is -1.33. The van der Waals surface area contributed by atoms with E-state index in [0.29, 0.717) is 6.04 Å². The van der Waals surface area contributed by atoms with E-state index < -0.39 is 0 Å². The summed E-state index contributed by atoms with van der Waals surface area (Å²) < 4.78 is 11.4. The first-order valence-electron chi connectivity index (χ1n) is 9.45. The first-order chi connectivity index (χ1) is 11.8. The second kappa shape index (κ2) is 8.67. The minimum Gasteiger partial charge on any atom is -0.493 e. The molecular weight excluding hydrogens is 302 g/mol. The Morgan fingerprint density at radius 1 is 1.25 bits per heavy atom. The molecule has 0 unspecified atom stereocenters. The summed E-state index contributed by atoms with van der Waals surface area (Å²) in [7, 11) is 0. The molecule has 0 spiro atoms. The van der Waals surface area contributed by atoms with Crippen LogP contribution in [0.25, 0.3) is 0 Å². The molecule has 1 aromatic heterocycles. The normalized spacial score (nSPS) is 21.9. The minimum absolute atomic E-state index is 0.567. The van der Waals surface area contributed by atoms with Crippen molar-refractivity contribution in [1.82, 2.24) is 9.88 Å². The van der Waals surface area contributed by atoms with E-state index >= 15 is 0 Å². The van der Waals surface area contributed by atoms with Crippen LogP contribution in [0.5, 0.6) is 5.75 Å². The number of rotatable bonds is 9. The van der Waals surface area contributed by atoms with Gasteiger partial charge in [-0.3, -0.25) is 4.90 Å². The quantitative estimate of drug-likeness (QED) is 0.650. The van der Waals surface area contributed by atoms with Crippen molar-refractivity contribution in [3.63, 3.8) is 0 Å². The highest BCUT2D eigenvalue weighted by Gasteiger charge is 2.26. The van der Waals surface area contributed by atoms with Gasteiger partial charge in [-0.2, -0.15) is 0 Å². The zero-order chi connectivity index (χ0) is 16.8. The summed E-state index contributed by atoms with van der Waals surface area (Å²) in [5.74, 6) is 2.78. The summed E-state index contributed by atoms with van der Waals surface area (Å²) in [4.78, 5) is 9.53. The summed E-state index contributed by atoms with van der Waals surface area (Å²) in [5, 5.41) is 0. The predicted molar refractivity (Wildman–Crippen MR) is 96.8 cm³/mol. The number of piperazine rings is 1. The molecule has 2 heterocycles. The third kappa shape index (κ3) is 4.84. The number of hydrogen-bond acceptors (Lipinski definition) is 5. The summed E-state index contributed by atoms with van der Waals surface area (Å²) in [6, 6.07) is 4.64. The Balaban J connectivity index is 1.55. The number of hydrogen-bond donors (Lipinski definition) is 0. The number of aromatic nitrogens is 1. The fraction of sp³-hybridized carbons (Fsp3) is 0.737. The van der Waals surface area contributed by atoms with Gasteiger partial charge >= 0.3 is 0 Å². The number of ether oxygens (including phenoxy) is 2. The van der Waals surface area contributed by atoms with Crippen molar-refractivity contribution in [3.8, 4) is 5.75 Å². The van der Waals surface area contributed by atoms with Gasteiger partial charge in [0.2, 0.25) is 0 Å². The molecule has 3 rings (SSSR count). The van der Waals surface area contributed by atoms with Gasteiger partial charge in [-0.05, 0) is 38.2 Å². The van der Waals surface area contributed by atoms with Crippen molar-refractivity contribution in [3.05, 3.63) is 18.3 Å². The Kier molecular flexibility index (Phi) is 6.32. The molecule has 1 aliphatic heterocycles. The van der Waals surface area contributed by atoms with Crippen LogP contribution in [0.2, 0.25) is 0 Å². The number of anilines is 1. The fourth-order valence-electron chi connectivity index (χ4n) is 3.27. The third-order valence-electron chi connectivity index (χ3n) is 5.03. The van der Waals surface area contributed by atoms with Crippen LogP contribution in [0.1, 0.15) is 33.1 Å². The Labute approximate surface area is 145 Å². The average Bonchev–Trinajstić information content (AvgIpc) is 3.45. The van der Waals surface area contributed by atoms with Crippen molar-refractivity contribution in [2.24, 2.45) is 5.92 Å². The molecule has 0 aromatic carbocycles. The SMILES string of the molecule is CCOCCN1CCN(c2cc(OCC3CC3)ccn2)C[C@H]1CC. The maximum absolute atomic E-state index is 5.91. The molecule has 2 aliphatic rings. The highest BCUT2D eigenvalue weighted by atomic mass is 16.5. The Morgan fingerprint density at radius 3 is 2.88 bits per heavy atom. The first-order valence-corrected chi connectivity index (χ1v) is 9.45. The maximum atomic E-state index is 5.91. The summed E-state index contributed by atoms with van der Waals surface area (Å²) in [5.41, 5.74) is 0. The van der Waals surface area contributed by atoms with Gasteiger partial charge in [-0.15, -0.1) is 0 Å². The third-order valence-corrected chi connectivity index (χ3v) is 5.03. The second-order valence-electron chi connectivity index (χ2n) is 6.85. The van der Waals surface area contributed by atoms with Gasteiger partial charge in [-0.25, -0.2) is 4.98 Å². The second-order valence-corrected chi connectivity index (χ2v) is 6.85. The lowest BCUT2D eigenvalue weighted by Crippen LogP contribution is -2.54. The standard InChI is InChI=1S/C19H31N3O2/c1-3-17-14-22(10-9-21(17)11-12-23-4-2)19-13-18(7-8-20-19)24-15-16-5-6-16/h7-8,13,16-17H,3-6,9-12,14-15H2,1-2H3/t17-/m1/s1. The average molecular weight is 333 g/mol. The topological polar surface area (TPSA) is 37.8 Å². The van der Waals surface area contributed by atoms with Crippen molar-refractivity contribution < 1.29 is 9.47 Å². The highest BCUT2D eigenvalue weighted by molar-refractivity contribution is 5.44. The van der Waals surface area contributed by atoms with Crippen LogP contribution >= 0.6 is 0 Å². The van der Waals surface area contributed by atoms with Crippen molar-refractivity contribution in [2.75, 3.05) is 50.9 Å². The van der Waals surface area contributed by atoms with Gasteiger partial charge in [0.15, 0.2) is 0 Å². The van der Waals surface area contributed by atoms with Gasteiger partial charge in [-0.1, -0.05) is 6.92 Å². The summed E-state index contributed by atoms with van der Waals surface area (Å²) >= 11 is 0. The van der Waals surface area contributed by atoms with Gasteiger partial charge in [0, 0.05) is 51.1 Å². The smallest absolute Gasteiger partial charge is 0.132 e.